The molecular weight excluding hydrogens is 386 g/mol. The standard InChI is InChI=1S/C18H19N3O4S2/c1-24-15-3-2-4-16(11-15)27(22,23)21-8-5-13(6-9-21)18-19-17(20-25-18)14-7-10-26-12-14/h2-4,7,10-13H,5-6,8-9H2,1H3. The zero-order chi connectivity index (χ0) is 18.9. The van der Waals surface area contributed by atoms with Crippen molar-refractivity contribution < 1.29 is 17.7 Å². The van der Waals surface area contributed by atoms with Crippen molar-refractivity contribution in [1.82, 2.24) is 14.4 Å². The first-order valence-corrected chi connectivity index (χ1v) is 11.0. The Bertz CT molecular complexity index is 1010. The topological polar surface area (TPSA) is 85.5 Å². The molecule has 0 radical (unpaired) electrons. The Morgan fingerprint density at radius 1 is 1.26 bits per heavy atom. The molecule has 9 heteroatoms. The van der Waals surface area contributed by atoms with Gasteiger partial charge in [-0.25, -0.2) is 8.42 Å². The van der Waals surface area contributed by atoms with Crippen LogP contribution in [0.3, 0.4) is 0 Å². The van der Waals surface area contributed by atoms with Gasteiger partial charge in [0.25, 0.3) is 0 Å². The van der Waals surface area contributed by atoms with E-state index in [0.29, 0.717) is 43.4 Å². The molecular formula is C18H19N3O4S2. The van der Waals surface area contributed by atoms with E-state index in [-0.39, 0.29) is 10.8 Å². The number of aromatic nitrogens is 2. The van der Waals surface area contributed by atoms with Crippen molar-refractivity contribution in [1.29, 1.82) is 0 Å². The van der Waals surface area contributed by atoms with Gasteiger partial charge in [0.05, 0.1) is 12.0 Å². The lowest BCUT2D eigenvalue weighted by molar-refractivity contribution is 0.270. The van der Waals surface area contributed by atoms with Crippen molar-refractivity contribution in [2.24, 2.45) is 0 Å². The number of benzene rings is 1. The molecule has 0 unspecified atom stereocenters. The van der Waals surface area contributed by atoms with Gasteiger partial charge in [-0.3, -0.25) is 0 Å². The average molecular weight is 406 g/mol. The van der Waals surface area contributed by atoms with Gasteiger partial charge in [-0.1, -0.05) is 11.2 Å². The summed E-state index contributed by atoms with van der Waals surface area (Å²) in [6.07, 6.45) is 1.29. The number of sulfonamides is 1. The molecule has 0 spiro atoms. The van der Waals surface area contributed by atoms with E-state index in [2.05, 4.69) is 10.1 Å². The molecule has 3 aromatic rings. The lowest BCUT2D eigenvalue weighted by atomic mass is 9.98. The number of thiophene rings is 1. The minimum Gasteiger partial charge on any atom is -0.497 e. The van der Waals surface area contributed by atoms with Gasteiger partial charge < -0.3 is 9.26 Å². The molecule has 0 atom stereocenters. The largest absolute Gasteiger partial charge is 0.497 e. The minimum atomic E-state index is -3.54. The van der Waals surface area contributed by atoms with E-state index in [1.807, 2.05) is 16.8 Å². The molecule has 1 fully saturated rings. The quantitative estimate of drug-likeness (QED) is 0.647. The number of piperidine rings is 1. The normalized spacial score (nSPS) is 16.5. The molecule has 1 aliphatic rings. The Labute approximate surface area is 161 Å². The summed E-state index contributed by atoms with van der Waals surface area (Å²) in [6, 6.07) is 8.50. The molecule has 2 aromatic heterocycles. The summed E-state index contributed by atoms with van der Waals surface area (Å²) in [6.45, 7) is 0.834. The Kier molecular flexibility index (Phi) is 4.98. The molecule has 1 saturated heterocycles. The highest BCUT2D eigenvalue weighted by atomic mass is 32.2. The Hall–Kier alpha value is -2.23. The van der Waals surface area contributed by atoms with Crippen molar-refractivity contribution in [3.05, 3.63) is 47.0 Å². The summed E-state index contributed by atoms with van der Waals surface area (Å²) in [5.74, 6) is 1.76. The van der Waals surface area contributed by atoms with Crippen LogP contribution in [-0.4, -0.2) is 43.1 Å². The second-order valence-electron chi connectivity index (χ2n) is 6.33. The Balaban J connectivity index is 1.45. The zero-order valence-electron chi connectivity index (χ0n) is 14.7. The molecule has 3 heterocycles. The van der Waals surface area contributed by atoms with Gasteiger partial charge in [0.1, 0.15) is 5.75 Å². The second-order valence-corrected chi connectivity index (χ2v) is 9.04. The molecule has 0 aliphatic carbocycles. The Morgan fingerprint density at radius 2 is 2.07 bits per heavy atom. The SMILES string of the molecule is COc1cccc(S(=O)(=O)N2CCC(c3nc(-c4ccsc4)no3)CC2)c1. The van der Waals surface area contributed by atoms with Crippen LogP contribution in [0.25, 0.3) is 11.4 Å². The van der Waals surface area contributed by atoms with Crippen molar-refractivity contribution in [2.45, 2.75) is 23.7 Å². The third-order valence-electron chi connectivity index (χ3n) is 4.70. The maximum absolute atomic E-state index is 12.9. The molecule has 0 N–H and O–H groups in total. The van der Waals surface area contributed by atoms with E-state index < -0.39 is 10.0 Å². The summed E-state index contributed by atoms with van der Waals surface area (Å²) in [7, 11) is -2.02. The Morgan fingerprint density at radius 3 is 2.78 bits per heavy atom. The maximum Gasteiger partial charge on any atom is 0.243 e. The van der Waals surface area contributed by atoms with E-state index >= 15 is 0 Å². The fourth-order valence-electron chi connectivity index (χ4n) is 3.16. The third kappa shape index (κ3) is 3.62. The number of ether oxygens (including phenoxy) is 1. The minimum absolute atomic E-state index is 0.0710. The fourth-order valence-corrected chi connectivity index (χ4v) is 5.30. The first kappa shape index (κ1) is 18.1. The summed E-state index contributed by atoms with van der Waals surface area (Å²) < 4.78 is 37.8. The monoisotopic (exact) mass is 405 g/mol. The summed E-state index contributed by atoms with van der Waals surface area (Å²) in [5, 5.41) is 7.98. The van der Waals surface area contributed by atoms with Gasteiger partial charge in [0, 0.05) is 36.0 Å². The van der Waals surface area contributed by atoms with Crippen LogP contribution in [-0.2, 0) is 10.0 Å². The molecule has 0 amide bonds. The number of methoxy groups -OCH3 is 1. The van der Waals surface area contributed by atoms with Crippen LogP contribution < -0.4 is 4.74 Å². The summed E-state index contributed by atoms with van der Waals surface area (Å²) >= 11 is 1.58. The molecule has 7 nitrogen and oxygen atoms in total. The highest BCUT2D eigenvalue weighted by Crippen LogP contribution is 2.31. The number of hydrogen-bond acceptors (Lipinski definition) is 7. The van der Waals surface area contributed by atoms with Crippen LogP contribution in [0.1, 0.15) is 24.7 Å². The van der Waals surface area contributed by atoms with E-state index in [9.17, 15) is 8.42 Å². The van der Waals surface area contributed by atoms with E-state index in [0.717, 1.165) is 5.56 Å². The number of hydrogen-bond donors (Lipinski definition) is 0. The first-order chi connectivity index (χ1) is 13.1. The molecule has 0 bridgehead atoms. The van der Waals surface area contributed by atoms with Crippen LogP contribution in [0, 0.1) is 0 Å². The third-order valence-corrected chi connectivity index (χ3v) is 7.28. The van der Waals surface area contributed by atoms with E-state index in [1.54, 1.807) is 35.6 Å². The highest BCUT2D eigenvalue weighted by molar-refractivity contribution is 7.89. The lowest BCUT2D eigenvalue weighted by Gasteiger charge is -2.29. The van der Waals surface area contributed by atoms with Crippen molar-refractivity contribution in [3.8, 4) is 17.1 Å². The van der Waals surface area contributed by atoms with Crippen molar-refractivity contribution in [3.63, 3.8) is 0 Å². The van der Waals surface area contributed by atoms with Gasteiger partial charge in [-0.15, -0.1) is 0 Å². The zero-order valence-corrected chi connectivity index (χ0v) is 16.4. The number of nitrogens with zero attached hydrogens (tertiary/aromatic N) is 3. The maximum atomic E-state index is 12.9. The molecule has 4 rings (SSSR count). The summed E-state index contributed by atoms with van der Waals surface area (Å²) in [4.78, 5) is 4.74. The van der Waals surface area contributed by atoms with Crippen LogP contribution >= 0.6 is 11.3 Å². The smallest absolute Gasteiger partial charge is 0.243 e. The van der Waals surface area contributed by atoms with E-state index in [4.69, 9.17) is 9.26 Å². The van der Waals surface area contributed by atoms with Crippen LogP contribution in [0.15, 0.2) is 50.5 Å². The molecule has 27 heavy (non-hydrogen) atoms. The number of rotatable bonds is 5. The van der Waals surface area contributed by atoms with E-state index in [1.165, 1.54) is 11.4 Å². The van der Waals surface area contributed by atoms with Crippen LogP contribution in [0.4, 0.5) is 0 Å². The predicted molar refractivity (Wildman–Crippen MR) is 101 cm³/mol. The summed E-state index contributed by atoms with van der Waals surface area (Å²) in [5.41, 5.74) is 0.938. The van der Waals surface area contributed by atoms with Crippen molar-refractivity contribution >= 4 is 21.4 Å². The molecule has 1 aliphatic heterocycles. The van der Waals surface area contributed by atoms with Gasteiger partial charge in [-0.2, -0.15) is 20.6 Å². The average Bonchev–Trinajstić information content (AvgIpc) is 3.40. The molecule has 1 aromatic carbocycles. The molecule has 0 saturated carbocycles. The predicted octanol–water partition coefficient (Wildman–Crippen LogP) is 3.38. The van der Waals surface area contributed by atoms with Gasteiger partial charge in [0.15, 0.2) is 0 Å². The van der Waals surface area contributed by atoms with Gasteiger partial charge >= 0.3 is 0 Å². The van der Waals surface area contributed by atoms with Crippen LogP contribution in [0.2, 0.25) is 0 Å². The highest BCUT2D eigenvalue weighted by Gasteiger charge is 2.32. The van der Waals surface area contributed by atoms with Gasteiger partial charge in [0.2, 0.25) is 21.7 Å². The fraction of sp³-hybridized carbons (Fsp3) is 0.333. The van der Waals surface area contributed by atoms with Gasteiger partial charge in [-0.05, 0) is 36.4 Å². The van der Waals surface area contributed by atoms with Crippen LogP contribution in [0.5, 0.6) is 5.75 Å². The van der Waals surface area contributed by atoms with Crippen molar-refractivity contribution in [2.75, 3.05) is 20.2 Å². The second kappa shape index (κ2) is 7.41. The first-order valence-electron chi connectivity index (χ1n) is 8.58. The lowest BCUT2D eigenvalue weighted by Crippen LogP contribution is -2.37. The molecule has 142 valence electrons.